The zero-order valence-corrected chi connectivity index (χ0v) is 22.3. The summed E-state index contributed by atoms with van der Waals surface area (Å²) in [6, 6.07) is 13.4. The number of aliphatic carboxylic acids is 1. The minimum absolute atomic E-state index is 0.0341. The van der Waals surface area contributed by atoms with Gasteiger partial charge in [-0.15, -0.1) is 0 Å². The maximum atomic E-state index is 11.8. The molecule has 202 valence electrons. The van der Waals surface area contributed by atoms with Crippen molar-refractivity contribution < 1.29 is 29.3 Å². The molecule has 1 unspecified atom stereocenters. The quantitative estimate of drug-likeness (QED) is 0.266. The maximum absolute atomic E-state index is 11.8. The molecule has 0 saturated carbocycles. The Labute approximate surface area is 220 Å². The molecule has 0 aliphatic rings. The topological polar surface area (TPSA) is 96.3 Å². The number of hydrogen-bond donors (Lipinski definition) is 2. The molecule has 0 heterocycles. The highest BCUT2D eigenvalue weighted by Gasteiger charge is 2.17. The van der Waals surface area contributed by atoms with Gasteiger partial charge in [0.15, 0.2) is 0 Å². The standard InChI is InChI=1S/C30H41NO6/c1-31(2)29(33)15-8-7-13-27(32)25-12-10-14-28(26(25)20-21-30(34)35)37-22-9-5-4-6-11-23-16-18-24(36-3)19-17-23/h6,10-12,14,16-19,27,32H,4-5,7-9,13,15,20-22H2,1-3H3,(H,34,35)/b11-6+. The molecule has 0 aromatic heterocycles. The third-order valence-corrected chi connectivity index (χ3v) is 6.18. The van der Waals surface area contributed by atoms with Gasteiger partial charge in [-0.3, -0.25) is 9.59 Å². The summed E-state index contributed by atoms with van der Waals surface area (Å²) in [5.74, 6) is 0.656. The number of benzene rings is 2. The molecule has 0 fully saturated rings. The van der Waals surface area contributed by atoms with E-state index in [4.69, 9.17) is 9.47 Å². The summed E-state index contributed by atoms with van der Waals surface area (Å²) in [6.07, 6.45) is 8.86. The van der Waals surface area contributed by atoms with Gasteiger partial charge in [-0.1, -0.05) is 42.8 Å². The third kappa shape index (κ3) is 11.1. The highest BCUT2D eigenvalue weighted by atomic mass is 16.5. The lowest BCUT2D eigenvalue weighted by atomic mass is 9.94. The van der Waals surface area contributed by atoms with Crippen molar-refractivity contribution in [1.29, 1.82) is 0 Å². The minimum Gasteiger partial charge on any atom is -0.497 e. The van der Waals surface area contributed by atoms with Crippen molar-refractivity contribution in [2.24, 2.45) is 0 Å². The van der Waals surface area contributed by atoms with Crippen LogP contribution in [0.4, 0.5) is 0 Å². The number of nitrogens with zero attached hydrogens (tertiary/aromatic N) is 1. The molecule has 7 nitrogen and oxygen atoms in total. The van der Waals surface area contributed by atoms with Crippen LogP contribution in [-0.2, 0) is 16.0 Å². The van der Waals surface area contributed by atoms with E-state index in [1.54, 1.807) is 26.1 Å². The Balaban J connectivity index is 1.88. The third-order valence-electron chi connectivity index (χ3n) is 6.18. The number of carbonyl (C=O) groups excluding carboxylic acids is 1. The van der Waals surface area contributed by atoms with Crippen LogP contribution in [0.15, 0.2) is 48.5 Å². The Hall–Kier alpha value is -3.32. The molecule has 7 heteroatoms. The van der Waals surface area contributed by atoms with E-state index in [2.05, 4.69) is 12.2 Å². The van der Waals surface area contributed by atoms with Crippen LogP contribution >= 0.6 is 0 Å². The molecule has 2 aromatic rings. The van der Waals surface area contributed by atoms with Crippen molar-refractivity contribution in [2.75, 3.05) is 27.8 Å². The Morgan fingerprint density at radius 2 is 1.76 bits per heavy atom. The normalized spacial score (nSPS) is 11.9. The molecule has 0 spiro atoms. The van der Waals surface area contributed by atoms with Crippen molar-refractivity contribution in [3.05, 3.63) is 65.2 Å². The number of carboxylic acid groups (broad SMARTS) is 1. The molecular formula is C30H41NO6. The van der Waals surface area contributed by atoms with Crippen molar-refractivity contribution in [1.82, 2.24) is 4.90 Å². The zero-order chi connectivity index (χ0) is 27.0. The van der Waals surface area contributed by atoms with Gasteiger partial charge in [0, 0.05) is 32.5 Å². The monoisotopic (exact) mass is 511 g/mol. The number of rotatable bonds is 17. The fraction of sp³-hybridized carbons (Fsp3) is 0.467. The number of carboxylic acids is 1. The largest absolute Gasteiger partial charge is 0.497 e. The van der Waals surface area contributed by atoms with E-state index < -0.39 is 12.1 Å². The first-order valence-electron chi connectivity index (χ1n) is 13.0. The van der Waals surface area contributed by atoms with Crippen molar-refractivity contribution in [2.45, 2.75) is 63.9 Å². The summed E-state index contributed by atoms with van der Waals surface area (Å²) >= 11 is 0. The molecular weight excluding hydrogens is 470 g/mol. The van der Waals surface area contributed by atoms with Crippen LogP contribution in [0.1, 0.15) is 74.2 Å². The first-order chi connectivity index (χ1) is 17.8. The van der Waals surface area contributed by atoms with E-state index in [0.29, 0.717) is 50.0 Å². The lowest BCUT2D eigenvalue weighted by Crippen LogP contribution is -2.21. The summed E-state index contributed by atoms with van der Waals surface area (Å²) in [5.41, 5.74) is 2.58. The fourth-order valence-corrected chi connectivity index (χ4v) is 4.00. The van der Waals surface area contributed by atoms with E-state index >= 15 is 0 Å². The second kappa shape index (κ2) is 16.4. The number of aliphatic hydroxyl groups excluding tert-OH is 1. The van der Waals surface area contributed by atoms with Gasteiger partial charge < -0.3 is 24.6 Å². The fourth-order valence-electron chi connectivity index (χ4n) is 4.00. The van der Waals surface area contributed by atoms with Gasteiger partial charge in [0.1, 0.15) is 11.5 Å². The number of ether oxygens (including phenoxy) is 2. The summed E-state index contributed by atoms with van der Waals surface area (Å²) in [6.45, 7) is 0.517. The van der Waals surface area contributed by atoms with Crippen LogP contribution in [0.5, 0.6) is 11.5 Å². The lowest BCUT2D eigenvalue weighted by Gasteiger charge is -2.19. The van der Waals surface area contributed by atoms with Gasteiger partial charge in [0.2, 0.25) is 5.91 Å². The summed E-state index contributed by atoms with van der Waals surface area (Å²) in [5, 5.41) is 20.1. The number of aliphatic hydroxyl groups is 1. The van der Waals surface area contributed by atoms with Gasteiger partial charge in [-0.05, 0) is 67.9 Å². The number of allylic oxidation sites excluding steroid dienone is 1. The summed E-state index contributed by atoms with van der Waals surface area (Å²) in [4.78, 5) is 24.6. The summed E-state index contributed by atoms with van der Waals surface area (Å²) in [7, 11) is 5.12. The van der Waals surface area contributed by atoms with Gasteiger partial charge in [0.05, 0.1) is 19.8 Å². The molecule has 2 rings (SSSR count). The SMILES string of the molecule is COc1ccc(/C=C/CCCCOc2cccc(C(O)CCCCC(=O)N(C)C)c2CCC(=O)O)cc1. The zero-order valence-electron chi connectivity index (χ0n) is 22.3. The van der Waals surface area contributed by atoms with E-state index in [1.165, 1.54) is 0 Å². The molecule has 0 aliphatic carbocycles. The number of unbranched alkanes of at least 4 members (excludes halogenated alkanes) is 3. The Kier molecular flexibility index (Phi) is 13.3. The van der Waals surface area contributed by atoms with Crippen LogP contribution in [0, 0.1) is 0 Å². The molecule has 2 N–H and O–H groups in total. The first kappa shape index (κ1) is 29.9. The highest BCUT2D eigenvalue weighted by molar-refractivity contribution is 5.75. The minimum atomic E-state index is -0.888. The Morgan fingerprint density at radius 1 is 1.00 bits per heavy atom. The molecule has 0 aliphatic heterocycles. The smallest absolute Gasteiger partial charge is 0.303 e. The molecule has 1 atom stereocenters. The Bertz CT molecular complexity index is 1000. The van der Waals surface area contributed by atoms with E-state index in [0.717, 1.165) is 36.1 Å². The molecule has 2 aromatic carbocycles. The number of carbonyl (C=O) groups is 2. The molecule has 0 bridgehead atoms. The van der Waals surface area contributed by atoms with E-state index in [-0.39, 0.29) is 12.3 Å². The van der Waals surface area contributed by atoms with Crippen molar-refractivity contribution in [3.63, 3.8) is 0 Å². The molecule has 0 saturated heterocycles. The van der Waals surface area contributed by atoms with Gasteiger partial charge >= 0.3 is 5.97 Å². The van der Waals surface area contributed by atoms with Crippen LogP contribution < -0.4 is 9.47 Å². The number of hydrogen-bond acceptors (Lipinski definition) is 5. The Morgan fingerprint density at radius 3 is 2.43 bits per heavy atom. The van der Waals surface area contributed by atoms with Crippen molar-refractivity contribution >= 4 is 18.0 Å². The number of methoxy groups -OCH3 is 1. The predicted molar refractivity (Wildman–Crippen MR) is 146 cm³/mol. The van der Waals surface area contributed by atoms with E-state index in [9.17, 15) is 19.8 Å². The van der Waals surface area contributed by atoms with Crippen LogP contribution in [0.2, 0.25) is 0 Å². The van der Waals surface area contributed by atoms with Crippen LogP contribution in [-0.4, -0.2) is 54.8 Å². The van der Waals surface area contributed by atoms with E-state index in [1.807, 2.05) is 42.5 Å². The lowest BCUT2D eigenvalue weighted by molar-refractivity contribution is -0.137. The second-order valence-electron chi connectivity index (χ2n) is 9.29. The highest BCUT2D eigenvalue weighted by Crippen LogP contribution is 2.31. The second-order valence-corrected chi connectivity index (χ2v) is 9.29. The molecule has 0 radical (unpaired) electrons. The number of amides is 1. The maximum Gasteiger partial charge on any atom is 0.303 e. The first-order valence-corrected chi connectivity index (χ1v) is 13.0. The van der Waals surface area contributed by atoms with Gasteiger partial charge in [-0.2, -0.15) is 0 Å². The molecule has 37 heavy (non-hydrogen) atoms. The van der Waals surface area contributed by atoms with Crippen molar-refractivity contribution in [3.8, 4) is 11.5 Å². The predicted octanol–water partition coefficient (Wildman–Crippen LogP) is 5.66. The van der Waals surface area contributed by atoms with Gasteiger partial charge in [-0.25, -0.2) is 0 Å². The average Bonchev–Trinajstić information content (AvgIpc) is 2.89. The van der Waals surface area contributed by atoms with Crippen LogP contribution in [0.25, 0.3) is 6.08 Å². The van der Waals surface area contributed by atoms with Crippen LogP contribution in [0.3, 0.4) is 0 Å². The van der Waals surface area contributed by atoms with Gasteiger partial charge in [0.25, 0.3) is 0 Å². The average molecular weight is 512 g/mol. The molecule has 1 amide bonds. The summed E-state index contributed by atoms with van der Waals surface area (Å²) < 4.78 is 11.2.